The van der Waals surface area contributed by atoms with Gasteiger partial charge in [-0.05, 0) is 25.7 Å². The lowest BCUT2D eigenvalue weighted by Crippen LogP contribution is -2.51. The van der Waals surface area contributed by atoms with Crippen LogP contribution in [0.4, 0.5) is 4.79 Å². The van der Waals surface area contributed by atoms with E-state index in [1.165, 1.54) is 0 Å². The molecule has 1 aliphatic carbocycles. The molecular weight excluding hydrogens is 244 g/mol. The minimum atomic E-state index is -1.04. The largest absolute Gasteiger partial charge is 0.480 e. The molecule has 1 saturated heterocycles. The van der Waals surface area contributed by atoms with Crippen molar-refractivity contribution in [2.75, 3.05) is 11.5 Å². The van der Waals surface area contributed by atoms with Crippen molar-refractivity contribution in [3.8, 4) is 0 Å². The highest BCUT2D eigenvalue weighted by atomic mass is 32.2. The fourth-order valence-corrected chi connectivity index (χ4v) is 3.19. The number of aliphatic carboxylic acids is 1. The predicted molar refractivity (Wildman–Crippen MR) is 62.2 cm³/mol. The van der Waals surface area contributed by atoms with Gasteiger partial charge in [-0.15, -0.1) is 0 Å². The van der Waals surface area contributed by atoms with Crippen LogP contribution < -0.4 is 10.6 Å². The Bertz CT molecular complexity index is 357. The van der Waals surface area contributed by atoms with Crippen LogP contribution in [0, 0.1) is 0 Å². The number of urea groups is 1. The SMILES string of the molecule is O=C(NC1CCS(=O)CC1)NC1(C(=O)O)CC1. The van der Waals surface area contributed by atoms with E-state index in [-0.39, 0.29) is 6.04 Å². The van der Waals surface area contributed by atoms with Crippen LogP contribution in [0.15, 0.2) is 0 Å². The monoisotopic (exact) mass is 260 g/mol. The maximum absolute atomic E-state index is 11.6. The zero-order valence-electron chi connectivity index (χ0n) is 9.40. The predicted octanol–water partition coefficient (Wildman–Crippen LogP) is -0.186. The van der Waals surface area contributed by atoms with Gasteiger partial charge in [0.05, 0.1) is 0 Å². The molecule has 0 spiro atoms. The van der Waals surface area contributed by atoms with Crippen LogP contribution in [0.25, 0.3) is 0 Å². The highest BCUT2D eigenvalue weighted by molar-refractivity contribution is 7.85. The molecule has 1 aliphatic heterocycles. The maximum Gasteiger partial charge on any atom is 0.329 e. The zero-order chi connectivity index (χ0) is 12.5. The first-order chi connectivity index (χ1) is 8.02. The summed E-state index contributed by atoms with van der Waals surface area (Å²) in [5, 5.41) is 14.2. The molecule has 2 aliphatic rings. The van der Waals surface area contributed by atoms with Gasteiger partial charge >= 0.3 is 12.0 Å². The number of hydrogen-bond donors (Lipinski definition) is 3. The second-order valence-corrected chi connectivity index (χ2v) is 6.30. The summed E-state index contributed by atoms with van der Waals surface area (Å²) in [6, 6.07) is -0.417. The molecule has 0 unspecified atom stereocenters. The van der Waals surface area contributed by atoms with Crippen LogP contribution in [0.5, 0.6) is 0 Å². The molecule has 1 saturated carbocycles. The van der Waals surface area contributed by atoms with Gasteiger partial charge in [-0.1, -0.05) is 0 Å². The third kappa shape index (κ3) is 2.96. The number of hydrogen-bond acceptors (Lipinski definition) is 3. The summed E-state index contributed by atoms with van der Waals surface area (Å²) in [6.07, 6.45) is 2.37. The summed E-state index contributed by atoms with van der Waals surface area (Å²) in [5.74, 6) is 0.238. The van der Waals surface area contributed by atoms with Gasteiger partial charge < -0.3 is 15.7 Å². The number of nitrogens with one attached hydrogen (secondary N) is 2. The van der Waals surface area contributed by atoms with Crippen molar-refractivity contribution in [3.63, 3.8) is 0 Å². The minimum absolute atomic E-state index is 0.0114. The highest BCUT2D eigenvalue weighted by Gasteiger charge is 2.51. The normalized spacial score (nSPS) is 30.4. The molecular formula is C10H16N2O4S. The van der Waals surface area contributed by atoms with Crippen LogP contribution in [-0.2, 0) is 15.6 Å². The molecule has 0 bridgehead atoms. The number of rotatable bonds is 3. The van der Waals surface area contributed by atoms with Crippen molar-refractivity contribution >= 4 is 22.8 Å². The van der Waals surface area contributed by atoms with Gasteiger partial charge in [0, 0.05) is 28.3 Å². The summed E-state index contributed by atoms with van der Waals surface area (Å²) >= 11 is 0. The Labute approximate surface area is 102 Å². The molecule has 3 N–H and O–H groups in total. The van der Waals surface area contributed by atoms with Crippen molar-refractivity contribution in [1.82, 2.24) is 10.6 Å². The first-order valence-corrected chi connectivity index (χ1v) is 7.18. The molecule has 0 atom stereocenters. The van der Waals surface area contributed by atoms with Gasteiger partial charge in [-0.2, -0.15) is 0 Å². The highest BCUT2D eigenvalue weighted by Crippen LogP contribution is 2.35. The number of carboxylic acids is 1. The van der Waals surface area contributed by atoms with E-state index in [2.05, 4.69) is 10.6 Å². The Balaban J connectivity index is 1.78. The lowest BCUT2D eigenvalue weighted by Gasteiger charge is -2.23. The average Bonchev–Trinajstić information content (AvgIpc) is 3.02. The molecule has 0 aromatic heterocycles. The van der Waals surface area contributed by atoms with E-state index in [0.29, 0.717) is 37.2 Å². The summed E-state index contributed by atoms with van der Waals surface area (Å²) < 4.78 is 11.1. The van der Waals surface area contributed by atoms with Gasteiger partial charge in [-0.25, -0.2) is 9.59 Å². The van der Waals surface area contributed by atoms with E-state index >= 15 is 0 Å². The first-order valence-electron chi connectivity index (χ1n) is 5.69. The second kappa shape index (κ2) is 4.64. The molecule has 6 nitrogen and oxygen atoms in total. The Hall–Kier alpha value is -1.11. The van der Waals surface area contributed by atoms with Crippen LogP contribution in [-0.4, -0.2) is 44.4 Å². The molecule has 17 heavy (non-hydrogen) atoms. The molecule has 7 heteroatoms. The number of amides is 2. The van der Waals surface area contributed by atoms with Crippen molar-refractivity contribution in [3.05, 3.63) is 0 Å². The number of carbonyl (C=O) groups excluding carboxylic acids is 1. The van der Waals surface area contributed by atoms with E-state index in [4.69, 9.17) is 5.11 Å². The van der Waals surface area contributed by atoms with Gasteiger partial charge in [-0.3, -0.25) is 4.21 Å². The van der Waals surface area contributed by atoms with Gasteiger partial charge in [0.15, 0.2) is 0 Å². The Kier molecular flexibility index (Phi) is 3.37. The standard InChI is InChI=1S/C10H16N2O4S/c13-8(14)10(3-4-10)12-9(15)11-7-1-5-17(16)6-2-7/h7H,1-6H2,(H,13,14)(H2,11,12,15). The fraction of sp³-hybridized carbons (Fsp3) is 0.800. The maximum atomic E-state index is 11.6. The number of carbonyl (C=O) groups is 2. The van der Waals surface area contributed by atoms with Gasteiger partial charge in [0.25, 0.3) is 0 Å². The van der Waals surface area contributed by atoms with Gasteiger partial charge in [0.2, 0.25) is 0 Å². The molecule has 2 fully saturated rings. The summed E-state index contributed by atoms with van der Waals surface area (Å²) in [6.45, 7) is 0. The molecule has 0 aromatic carbocycles. The van der Waals surface area contributed by atoms with E-state index < -0.39 is 28.3 Å². The molecule has 1 heterocycles. The van der Waals surface area contributed by atoms with Crippen molar-refractivity contribution in [2.24, 2.45) is 0 Å². The van der Waals surface area contributed by atoms with Crippen molar-refractivity contribution in [2.45, 2.75) is 37.3 Å². The topological polar surface area (TPSA) is 95.5 Å². The molecule has 2 rings (SSSR count). The quantitative estimate of drug-likeness (QED) is 0.655. The van der Waals surface area contributed by atoms with Crippen LogP contribution in [0.2, 0.25) is 0 Å². The summed E-state index contributed by atoms with van der Waals surface area (Å²) in [4.78, 5) is 22.5. The molecule has 96 valence electrons. The van der Waals surface area contributed by atoms with Crippen LogP contribution in [0.3, 0.4) is 0 Å². The third-order valence-corrected chi connectivity index (χ3v) is 4.62. The summed E-state index contributed by atoms with van der Waals surface area (Å²) in [5.41, 5.74) is -1.04. The lowest BCUT2D eigenvalue weighted by atomic mass is 10.1. The van der Waals surface area contributed by atoms with Crippen molar-refractivity contribution < 1.29 is 18.9 Å². The van der Waals surface area contributed by atoms with Crippen LogP contribution in [0.1, 0.15) is 25.7 Å². The molecule has 2 amide bonds. The molecule has 0 aromatic rings. The average molecular weight is 260 g/mol. The summed E-state index contributed by atoms with van der Waals surface area (Å²) in [7, 11) is -0.756. The Morgan fingerprint density at radius 2 is 1.82 bits per heavy atom. The smallest absolute Gasteiger partial charge is 0.329 e. The number of carboxylic acid groups (broad SMARTS) is 1. The Morgan fingerprint density at radius 3 is 2.29 bits per heavy atom. The van der Waals surface area contributed by atoms with E-state index in [9.17, 15) is 13.8 Å². The van der Waals surface area contributed by atoms with E-state index in [1.54, 1.807) is 0 Å². The zero-order valence-corrected chi connectivity index (χ0v) is 10.2. The lowest BCUT2D eigenvalue weighted by molar-refractivity contribution is -0.140. The Morgan fingerprint density at radius 1 is 1.24 bits per heavy atom. The third-order valence-electron chi connectivity index (χ3n) is 3.24. The molecule has 0 radical (unpaired) electrons. The van der Waals surface area contributed by atoms with E-state index in [1.807, 2.05) is 0 Å². The second-order valence-electron chi connectivity index (χ2n) is 4.61. The minimum Gasteiger partial charge on any atom is -0.480 e. The van der Waals surface area contributed by atoms with Gasteiger partial charge in [0.1, 0.15) is 5.54 Å². The van der Waals surface area contributed by atoms with Crippen molar-refractivity contribution in [1.29, 1.82) is 0 Å². The van der Waals surface area contributed by atoms with Crippen LogP contribution >= 0.6 is 0 Å². The first kappa shape index (κ1) is 12.3. The van der Waals surface area contributed by atoms with E-state index in [0.717, 1.165) is 0 Å². The fourth-order valence-electron chi connectivity index (χ4n) is 1.89.